The van der Waals surface area contributed by atoms with E-state index >= 15 is 0 Å². The number of aromatic nitrogens is 2. The zero-order valence-electron chi connectivity index (χ0n) is 15.9. The first-order valence-corrected chi connectivity index (χ1v) is 10.0. The number of H-pyrrole nitrogens is 1. The van der Waals surface area contributed by atoms with E-state index in [1.807, 2.05) is 6.20 Å². The number of halogens is 1. The van der Waals surface area contributed by atoms with Crippen LogP contribution < -0.4 is 4.74 Å². The van der Waals surface area contributed by atoms with Crippen molar-refractivity contribution in [2.24, 2.45) is 0 Å². The Bertz CT molecular complexity index is 1040. The standard InChI is InChI=1S/C19H21FN2O.H2O4S/c1-4-5-15-10-21-19(18-17(15)12(2)13(3)22-18)23-11-14-6-8-16(20)9-7-14;1-5(2,3)4/h6-10,22H,4-5,11H2,1-3H3;(H2,1,2,3,4). The Balaban J connectivity index is 0.000000500. The quantitative estimate of drug-likeness (QED) is 0.544. The molecule has 0 fully saturated rings. The minimum absolute atomic E-state index is 0.242. The molecule has 0 radical (unpaired) electrons. The minimum atomic E-state index is -4.67. The van der Waals surface area contributed by atoms with Gasteiger partial charge in [0.25, 0.3) is 0 Å². The fraction of sp³-hybridized carbons (Fsp3) is 0.316. The van der Waals surface area contributed by atoms with E-state index in [1.54, 1.807) is 12.1 Å². The van der Waals surface area contributed by atoms with E-state index in [0.717, 1.165) is 29.6 Å². The summed E-state index contributed by atoms with van der Waals surface area (Å²) in [5.41, 5.74) is 5.50. The summed E-state index contributed by atoms with van der Waals surface area (Å²) in [5.74, 6) is 0.356. The van der Waals surface area contributed by atoms with Gasteiger partial charge in [0, 0.05) is 17.3 Å². The lowest BCUT2D eigenvalue weighted by Crippen LogP contribution is -1.99. The number of nitrogens with zero attached hydrogens (tertiary/aromatic N) is 1. The van der Waals surface area contributed by atoms with Crippen LogP contribution in [0.3, 0.4) is 0 Å². The first-order chi connectivity index (χ1) is 13.1. The molecule has 3 aromatic rings. The Hall–Kier alpha value is -2.49. The normalized spacial score (nSPS) is 11.2. The summed E-state index contributed by atoms with van der Waals surface area (Å²) in [6.45, 7) is 6.72. The number of fused-ring (bicyclic) bond motifs is 1. The Morgan fingerprint density at radius 3 is 2.36 bits per heavy atom. The highest BCUT2D eigenvalue weighted by Gasteiger charge is 2.14. The predicted molar refractivity (Wildman–Crippen MR) is 104 cm³/mol. The zero-order valence-corrected chi connectivity index (χ0v) is 16.7. The second-order valence-corrected chi connectivity index (χ2v) is 7.22. The van der Waals surface area contributed by atoms with Gasteiger partial charge in [-0.3, -0.25) is 9.11 Å². The van der Waals surface area contributed by atoms with E-state index in [9.17, 15) is 4.39 Å². The molecule has 0 bridgehead atoms. The zero-order chi connectivity index (χ0) is 20.9. The fourth-order valence-electron chi connectivity index (χ4n) is 2.85. The van der Waals surface area contributed by atoms with Crippen LogP contribution in [0.1, 0.15) is 35.7 Å². The first kappa shape index (κ1) is 21.8. The van der Waals surface area contributed by atoms with Crippen LogP contribution in [0.2, 0.25) is 0 Å². The lowest BCUT2D eigenvalue weighted by Gasteiger charge is -2.09. The third-order valence-corrected chi connectivity index (χ3v) is 4.18. The van der Waals surface area contributed by atoms with Crippen LogP contribution in [0.15, 0.2) is 30.5 Å². The number of aryl methyl sites for hydroxylation is 3. The average molecular weight is 410 g/mol. The van der Waals surface area contributed by atoms with Crippen LogP contribution >= 0.6 is 0 Å². The fourth-order valence-corrected chi connectivity index (χ4v) is 2.85. The van der Waals surface area contributed by atoms with Crippen molar-refractivity contribution in [1.29, 1.82) is 0 Å². The van der Waals surface area contributed by atoms with E-state index in [1.165, 1.54) is 28.6 Å². The van der Waals surface area contributed by atoms with E-state index in [2.05, 4.69) is 30.7 Å². The maximum absolute atomic E-state index is 13.0. The Kier molecular flexibility index (Phi) is 7.11. The van der Waals surface area contributed by atoms with Crippen molar-refractivity contribution >= 4 is 21.3 Å². The molecular formula is C19H23FN2O5S. The molecule has 2 aromatic heterocycles. The third-order valence-electron chi connectivity index (χ3n) is 4.18. The molecule has 0 saturated carbocycles. The van der Waals surface area contributed by atoms with Gasteiger partial charge in [-0.15, -0.1) is 0 Å². The highest BCUT2D eigenvalue weighted by atomic mass is 32.3. The van der Waals surface area contributed by atoms with Crippen LogP contribution in [-0.2, 0) is 23.4 Å². The summed E-state index contributed by atoms with van der Waals surface area (Å²) in [5, 5.41) is 1.22. The van der Waals surface area contributed by atoms with Crippen LogP contribution in [0.4, 0.5) is 4.39 Å². The number of hydrogen-bond donors (Lipinski definition) is 3. The number of rotatable bonds is 5. The summed E-state index contributed by atoms with van der Waals surface area (Å²) in [6.07, 6.45) is 3.99. The molecule has 0 unspecified atom stereocenters. The minimum Gasteiger partial charge on any atom is -0.471 e. The van der Waals surface area contributed by atoms with Crippen molar-refractivity contribution in [3.63, 3.8) is 0 Å². The molecule has 7 nitrogen and oxygen atoms in total. The number of ether oxygens (including phenoxy) is 1. The highest BCUT2D eigenvalue weighted by molar-refractivity contribution is 7.79. The van der Waals surface area contributed by atoms with Gasteiger partial charge in [0.15, 0.2) is 0 Å². The van der Waals surface area contributed by atoms with Crippen molar-refractivity contribution in [3.05, 3.63) is 58.7 Å². The van der Waals surface area contributed by atoms with E-state index < -0.39 is 10.4 Å². The topological polar surface area (TPSA) is 113 Å². The predicted octanol–water partition coefficient (Wildman–Crippen LogP) is 4.20. The van der Waals surface area contributed by atoms with Crippen LogP contribution in [0, 0.1) is 19.7 Å². The maximum atomic E-state index is 13.0. The molecule has 0 aliphatic carbocycles. The number of benzene rings is 1. The summed E-state index contributed by atoms with van der Waals surface area (Å²) in [7, 11) is -4.67. The van der Waals surface area contributed by atoms with E-state index in [0.29, 0.717) is 12.5 Å². The van der Waals surface area contributed by atoms with Crippen LogP contribution in [-0.4, -0.2) is 27.5 Å². The number of hydrogen-bond acceptors (Lipinski definition) is 4. The van der Waals surface area contributed by atoms with Crippen molar-refractivity contribution in [2.75, 3.05) is 0 Å². The largest absolute Gasteiger partial charge is 0.471 e. The first-order valence-electron chi connectivity index (χ1n) is 8.64. The second kappa shape index (κ2) is 9.13. The average Bonchev–Trinajstić information content (AvgIpc) is 2.90. The Morgan fingerprint density at radius 1 is 1.18 bits per heavy atom. The molecule has 9 heteroatoms. The summed E-state index contributed by atoms with van der Waals surface area (Å²) >= 11 is 0. The molecular weight excluding hydrogens is 387 g/mol. The van der Waals surface area contributed by atoms with Gasteiger partial charge in [0.1, 0.15) is 17.9 Å². The molecule has 0 spiro atoms. The molecule has 1 aromatic carbocycles. The van der Waals surface area contributed by atoms with Gasteiger partial charge in [0.05, 0.1) is 0 Å². The lowest BCUT2D eigenvalue weighted by atomic mass is 10.0. The molecule has 2 heterocycles. The van der Waals surface area contributed by atoms with E-state index in [-0.39, 0.29) is 5.82 Å². The smallest absolute Gasteiger partial charge is 0.394 e. The maximum Gasteiger partial charge on any atom is 0.394 e. The summed E-state index contributed by atoms with van der Waals surface area (Å²) in [4.78, 5) is 7.88. The molecule has 0 saturated heterocycles. The monoisotopic (exact) mass is 410 g/mol. The molecule has 152 valence electrons. The molecule has 3 N–H and O–H groups in total. The molecule has 0 amide bonds. The van der Waals surface area contributed by atoms with Crippen molar-refractivity contribution in [3.8, 4) is 5.88 Å². The van der Waals surface area contributed by atoms with E-state index in [4.69, 9.17) is 22.3 Å². The van der Waals surface area contributed by atoms with Crippen molar-refractivity contribution in [1.82, 2.24) is 9.97 Å². The van der Waals surface area contributed by atoms with Gasteiger partial charge in [-0.1, -0.05) is 25.5 Å². The molecule has 3 rings (SSSR count). The van der Waals surface area contributed by atoms with Gasteiger partial charge in [-0.25, -0.2) is 9.37 Å². The number of aromatic amines is 1. The third kappa shape index (κ3) is 6.01. The molecule has 0 aliphatic rings. The van der Waals surface area contributed by atoms with Crippen LogP contribution in [0.25, 0.3) is 10.9 Å². The van der Waals surface area contributed by atoms with Gasteiger partial charge in [0.2, 0.25) is 5.88 Å². The molecule has 28 heavy (non-hydrogen) atoms. The van der Waals surface area contributed by atoms with Crippen molar-refractivity contribution < 1.29 is 26.7 Å². The lowest BCUT2D eigenvalue weighted by molar-refractivity contribution is 0.297. The summed E-state index contributed by atoms with van der Waals surface area (Å²) in [6, 6.07) is 6.33. The highest BCUT2D eigenvalue weighted by Crippen LogP contribution is 2.31. The second-order valence-electron chi connectivity index (χ2n) is 6.33. The van der Waals surface area contributed by atoms with Gasteiger partial charge in [-0.05, 0) is 49.1 Å². The molecule has 0 atom stereocenters. The van der Waals surface area contributed by atoms with Gasteiger partial charge < -0.3 is 9.72 Å². The van der Waals surface area contributed by atoms with Gasteiger partial charge in [-0.2, -0.15) is 8.42 Å². The molecule has 0 aliphatic heterocycles. The number of pyridine rings is 1. The van der Waals surface area contributed by atoms with Gasteiger partial charge >= 0.3 is 10.4 Å². The SMILES string of the molecule is CCCc1cnc(OCc2ccc(F)cc2)c2[nH]c(C)c(C)c12.O=S(=O)(O)O. The Morgan fingerprint density at radius 2 is 1.79 bits per heavy atom. The Labute approximate surface area is 163 Å². The summed E-state index contributed by atoms with van der Waals surface area (Å²) < 4.78 is 50.4. The van der Waals surface area contributed by atoms with Crippen LogP contribution in [0.5, 0.6) is 5.88 Å². The van der Waals surface area contributed by atoms with Crippen molar-refractivity contribution in [2.45, 2.75) is 40.2 Å². The number of nitrogens with one attached hydrogen (secondary N) is 1.